The van der Waals surface area contributed by atoms with E-state index in [0.717, 1.165) is 0 Å². The van der Waals surface area contributed by atoms with E-state index in [4.69, 9.17) is 4.55 Å². The molecule has 2 aromatic carbocycles. The fourth-order valence-electron chi connectivity index (χ4n) is 1.40. The molecule has 0 bridgehead atoms. The van der Waals surface area contributed by atoms with Gasteiger partial charge in [0.05, 0.1) is 4.90 Å². The van der Waals surface area contributed by atoms with Gasteiger partial charge >= 0.3 is 29.6 Å². The predicted molar refractivity (Wildman–Crippen MR) is 54.1 cm³/mol. The van der Waals surface area contributed by atoms with Crippen LogP contribution in [0.4, 0.5) is 4.39 Å². The van der Waals surface area contributed by atoms with Crippen molar-refractivity contribution in [3.8, 4) is 0 Å². The van der Waals surface area contributed by atoms with Crippen molar-refractivity contribution in [2.45, 2.75) is 4.90 Å². The van der Waals surface area contributed by atoms with Gasteiger partial charge in [-0.1, -0.05) is 24.3 Å². The SMILES string of the molecule is O=S(O)c1cccc2c(F)cccc12.[H-].[Na+]. The number of hydrogen-bond acceptors (Lipinski definition) is 1. The van der Waals surface area contributed by atoms with Gasteiger partial charge in [-0.25, -0.2) is 8.60 Å². The topological polar surface area (TPSA) is 37.3 Å². The number of fused-ring (bicyclic) bond motifs is 1. The van der Waals surface area contributed by atoms with Crippen LogP contribution in [0.1, 0.15) is 1.43 Å². The van der Waals surface area contributed by atoms with Gasteiger partial charge in [0.2, 0.25) is 0 Å². The Morgan fingerprint density at radius 2 is 1.73 bits per heavy atom. The summed E-state index contributed by atoms with van der Waals surface area (Å²) in [5.41, 5.74) is 0. The molecule has 0 fully saturated rings. The molecule has 1 unspecified atom stereocenters. The minimum Gasteiger partial charge on any atom is -1.00 e. The van der Waals surface area contributed by atoms with Crippen molar-refractivity contribution in [2.24, 2.45) is 0 Å². The Kier molecular flexibility index (Phi) is 4.43. The van der Waals surface area contributed by atoms with Crippen LogP contribution in [0.3, 0.4) is 0 Å². The maximum atomic E-state index is 13.2. The van der Waals surface area contributed by atoms with Crippen LogP contribution in [0.5, 0.6) is 0 Å². The van der Waals surface area contributed by atoms with E-state index in [0.29, 0.717) is 10.8 Å². The zero-order valence-corrected chi connectivity index (χ0v) is 10.9. The second kappa shape index (κ2) is 5.18. The summed E-state index contributed by atoms with van der Waals surface area (Å²) in [6, 6.07) is 9.13. The van der Waals surface area contributed by atoms with Crippen LogP contribution in [0.15, 0.2) is 41.3 Å². The normalized spacial score (nSPS) is 12.1. The van der Waals surface area contributed by atoms with Crippen molar-refractivity contribution in [3.63, 3.8) is 0 Å². The predicted octanol–water partition coefficient (Wildman–Crippen LogP) is -0.324. The molecular weight excluding hydrogens is 226 g/mol. The maximum absolute atomic E-state index is 13.2. The minimum atomic E-state index is -2.08. The van der Waals surface area contributed by atoms with E-state index in [1.165, 1.54) is 18.2 Å². The molecule has 0 aliphatic heterocycles. The third-order valence-electron chi connectivity index (χ3n) is 2.02. The molecule has 74 valence electrons. The molecule has 0 spiro atoms. The molecule has 2 rings (SSSR count). The summed E-state index contributed by atoms with van der Waals surface area (Å²) in [4.78, 5) is 0.238. The Morgan fingerprint density at radius 1 is 1.13 bits per heavy atom. The zero-order valence-electron chi connectivity index (χ0n) is 9.11. The molecule has 0 aromatic heterocycles. The third-order valence-corrected chi connectivity index (χ3v) is 2.75. The van der Waals surface area contributed by atoms with E-state index in [-0.39, 0.29) is 41.7 Å². The summed E-state index contributed by atoms with van der Waals surface area (Å²) in [6.07, 6.45) is 0. The molecule has 2 nitrogen and oxygen atoms in total. The second-order valence-electron chi connectivity index (χ2n) is 2.84. The van der Waals surface area contributed by atoms with Crippen molar-refractivity contribution in [2.75, 3.05) is 0 Å². The molecule has 0 aliphatic carbocycles. The average Bonchev–Trinajstić information content (AvgIpc) is 2.17. The van der Waals surface area contributed by atoms with E-state index in [1.807, 2.05) is 0 Å². The first-order valence-corrected chi connectivity index (χ1v) is 5.09. The van der Waals surface area contributed by atoms with Crippen molar-refractivity contribution in [3.05, 3.63) is 42.2 Å². The monoisotopic (exact) mass is 234 g/mol. The molecule has 0 saturated carbocycles. The fourth-order valence-corrected chi connectivity index (χ4v) is 1.96. The summed E-state index contributed by atoms with van der Waals surface area (Å²) in [5.74, 6) is -0.380. The van der Waals surface area contributed by atoms with Crippen molar-refractivity contribution < 1.29 is 44.1 Å². The molecular formula is C10H8FNaO2S. The summed E-state index contributed by atoms with van der Waals surface area (Å²) in [6.45, 7) is 0. The van der Waals surface area contributed by atoms with E-state index < -0.39 is 11.1 Å². The van der Waals surface area contributed by atoms with Gasteiger partial charge in [0, 0.05) is 10.8 Å². The van der Waals surface area contributed by atoms with Gasteiger partial charge in [0.15, 0.2) is 11.1 Å². The van der Waals surface area contributed by atoms with Crippen molar-refractivity contribution in [1.82, 2.24) is 0 Å². The standard InChI is InChI=1S/C10H7FO2S.Na.H/c11-9-5-1-4-8-7(9)3-2-6-10(8)14(12)13;;/h1-6H,(H,12,13);;/q;+1;-1. The molecule has 0 saturated heterocycles. The Bertz CT molecular complexity index is 521. The molecule has 1 N–H and O–H groups in total. The first-order valence-electron chi connectivity index (χ1n) is 3.98. The Labute approximate surface area is 113 Å². The first kappa shape index (κ1) is 12.8. The Balaban J connectivity index is 0.00000112. The largest absolute Gasteiger partial charge is 1.00 e. The van der Waals surface area contributed by atoms with E-state index in [9.17, 15) is 8.60 Å². The van der Waals surface area contributed by atoms with Crippen LogP contribution < -0.4 is 29.6 Å². The average molecular weight is 234 g/mol. The van der Waals surface area contributed by atoms with Crippen LogP contribution in [-0.2, 0) is 11.1 Å². The van der Waals surface area contributed by atoms with Crippen LogP contribution in [-0.4, -0.2) is 8.76 Å². The summed E-state index contributed by atoms with van der Waals surface area (Å²) in [7, 11) is 0. The van der Waals surface area contributed by atoms with Gasteiger partial charge in [0.1, 0.15) is 5.82 Å². The summed E-state index contributed by atoms with van der Waals surface area (Å²) >= 11 is -2.08. The second-order valence-corrected chi connectivity index (χ2v) is 3.78. The van der Waals surface area contributed by atoms with Crippen LogP contribution in [0.2, 0.25) is 0 Å². The molecule has 0 radical (unpaired) electrons. The summed E-state index contributed by atoms with van der Waals surface area (Å²) in [5, 5.41) is 0.848. The van der Waals surface area contributed by atoms with E-state index >= 15 is 0 Å². The van der Waals surface area contributed by atoms with Gasteiger partial charge in [-0.05, 0) is 12.1 Å². The van der Waals surface area contributed by atoms with Crippen molar-refractivity contribution in [1.29, 1.82) is 0 Å². The third kappa shape index (κ3) is 2.46. The molecule has 2 aromatic rings. The zero-order chi connectivity index (χ0) is 10.1. The number of halogens is 1. The molecule has 15 heavy (non-hydrogen) atoms. The van der Waals surface area contributed by atoms with Gasteiger partial charge in [-0.3, -0.25) is 0 Å². The quantitative estimate of drug-likeness (QED) is 0.542. The van der Waals surface area contributed by atoms with Gasteiger partial charge in [-0.15, -0.1) is 0 Å². The minimum absolute atomic E-state index is 0. The van der Waals surface area contributed by atoms with Gasteiger partial charge in [-0.2, -0.15) is 0 Å². The Hall–Kier alpha value is -0.260. The fraction of sp³-hybridized carbons (Fsp3) is 0. The van der Waals surface area contributed by atoms with Crippen LogP contribution in [0.25, 0.3) is 10.8 Å². The van der Waals surface area contributed by atoms with Crippen molar-refractivity contribution >= 4 is 21.9 Å². The summed E-state index contributed by atoms with van der Waals surface area (Å²) < 4.78 is 33.1. The smallest absolute Gasteiger partial charge is 1.00 e. The molecule has 1 atom stereocenters. The first-order chi connectivity index (χ1) is 6.70. The Morgan fingerprint density at radius 3 is 2.40 bits per heavy atom. The van der Waals surface area contributed by atoms with Gasteiger partial charge in [0.25, 0.3) is 0 Å². The molecule has 0 heterocycles. The number of hydrogen-bond donors (Lipinski definition) is 1. The molecule has 5 heteroatoms. The van der Waals surface area contributed by atoms with Crippen LogP contribution in [0, 0.1) is 5.82 Å². The van der Waals surface area contributed by atoms with E-state index in [2.05, 4.69) is 0 Å². The maximum Gasteiger partial charge on any atom is 1.00 e. The van der Waals surface area contributed by atoms with E-state index in [1.54, 1.807) is 18.2 Å². The number of benzene rings is 2. The van der Waals surface area contributed by atoms with Crippen LogP contribution >= 0.6 is 0 Å². The molecule has 0 aliphatic rings. The molecule has 0 amide bonds. The van der Waals surface area contributed by atoms with Gasteiger partial charge < -0.3 is 5.98 Å². The number of rotatable bonds is 1.